The quantitative estimate of drug-likeness (QED) is 0.264. The molecule has 0 saturated carbocycles. The number of ether oxygens (including phenoxy) is 1. The SMILES string of the molecule is COc1ccc2c(c1)C(=CC(=O)c1cccc(NC(=O)c3cccc4ccccc34)c1)NC(C)(C)C2. The summed E-state index contributed by atoms with van der Waals surface area (Å²) in [6.07, 6.45) is 2.47. The number of anilines is 1. The van der Waals surface area contributed by atoms with E-state index in [0.29, 0.717) is 16.8 Å². The molecule has 5 heteroatoms. The molecule has 0 atom stereocenters. The van der Waals surface area contributed by atoms with E-state index >= 15 is 0 Å². The zero-order valence-electron chi connectivity index (χ0n) is 20.6. The van der Waals surface area contributed by atoms with Crippen LogP contribution in [0.1, 0.15) is 45.7 Å². The Morgan fingerprint density at radius 2 is 1.72 bits per heavy atom. The van der Waals surface area contributed by atoms with Crippen molar-refractivity contribution in [2.45, 2.75) is 25.8 Å². The number of allylic oxidation sites excluding steroid dienone is 1. The van der Waals surface area contributed by atoms with Gasteiger partial charge in [-0.3, -0.25) is 9.59 Å². The highest BCUT2D eigenvalue weighted by Gasteiger charge is 2.28. The fraction of sp³-hybridized carbons (Fsp3) is 0.161. The lowest BCUT2D eigenvalue weighted by Gasteiger charge is -2.35. The van der Waals surface area contributed by atoms with Crippen molar-refractivity contribution in [3.8, 4) is 5.75 Å². The topological polar surface area (TPSA) is 67.4 Å². The minimum absolute atomic E-state index is 0.148. The van der Waals surface area contributed by atoms with Crippen LogP contribution in [0.3, 0.4) is 0 Å². The Bertz CT molecular complexity index is 1510. The number of hydrogen-bond acceptors (Lipinski definition) is 4. The monoisotopic (exact) mass is 476 g/mol. The normalized spacial score (nSPS) is 15.1. The summed E-state index contributed by atoms with van der Waals surface area (Å²) in [6.45, 7) is 4.23. The van der Waals surface area contributed by atoms with Gasteiger partial charge in [0.05, 0.1) is 7.11 Å². The molecule has 4 aromatic carbocycles. The van der Waals surface area contributed by atoms with Gasteiger partial charge in [0.1, 0.15) is 5.75 Å². The summed E-state index contributed by atoms with van der Waals surface area (Å²) < 4.78 is 5.41. The van der Waals surface area contributed by atoms with E-state index in [1.165, 1.54) is 0 Å². The minimum Gasteiger partial charge on any atom is -0.497 e. The summed E-state index contributed by atoms with van der Waals surface area (Å²) in [5.41, 5.74) is 4.34. The first-order chi connectivity index (χ1) is 17.3. The van der Waals surface area contributed by atoms with E-state index in [1.54, 1.807) is 43.5 Å². The molecule has 5 rings (SSSR count). The third kappa shape index (κ3) is 4.73. The summed E-state index contributed by atoms with van der Waals surface area (Å²) >= 11 is 0. The van der Waals surface area contributed by atoms with Crippen LogP contribution in [0.25, 0.3) is 16.5 Å². The van der Waals surface area contributed by atoms with Crippen molar-refractivity contribution in [2.24, 2.45) is 0 Å². The molecule has 0 bridgehead atoms. The number of amides is 1. The third-order valence-corrected chi connectivity index (χ3v) is 6.43. The van der Waals surface area contributed by atoms with E-state index in [-0.39, 0.29) is 17.2 Å². The van der Waals surface area contributed by atoms with Crippen LogP contribution in [0, 0.1) is 0 Å². The standard InChI is InChI=1S/C31H28N2O3/c1-31(2)19-22-14-15-24(36-3)17-27(22)28(33-31)18-29(34)21-10-6-11-23(16-21)32-30(35)26-13-7-9-20-8-4-5-12-25(20)26/h4-18,33H,19H2,1-3H3,(H,32,35). The molecule has 0 aliphatic carbocycles. The number of ketones is 1. The molecule has 0 saturated heterocycles. The lowest BCUT2D eigenvalue weighted by atomic mass is 9.85. The first kappa shape index (κ1) is 23.4. The van der Waals surface area contributed by atoms with E-state index in [4.69, 9.17) is 4.74 Å². The zero-order chi connectivity index (χ0) is 25.3. The smallest absolute Gasteiger partial charge is 0.256 e. The van der Waals surface area contributed by atoms with Crippen molar-refractivity contribution in [3.63, 3.8) is 0 Å². The van der Waals surface area contributed by atoms with E-state index in [0.717, 1.165) is 39.8 Å². The molecule has 1 aliphatic rings. The molecule has 1 amide bonds. The molecule has 5 nitrogen and oxygen atoms in total. The molecule has 0 fully saturated rings. The second-order valence-electron chi connectivity index (χ2n) is 9.69. The number of fused-ring (bicyclic) bond motifs is 2. The van der Waals surface area contributed by atoms with Crippen LogP contribution in [-0.2, 0) is 6.42 Å². The van der Waals surface area contributed by atoms with Crippen molar-refractivity contribution in [1.82, 2.24) is 5.32 Å². The lowest BCUT2D eigenvalue weighted by molar-refractivity contribution is 0.102. The van der Waals surface area contributed by atoms with Crippen molar-refractivity contribution in [1.29, 1.82) is 0 Å². The molecule has 2 N–H and O–H groups in total. The molecule has 1 heterocycles. The van der Waals surface area contributed by atoms with Crippen LogP contribution in [0.4, 0.5) is 5.69 Å². The first-order valence-electron chi connectivity index (χ1n) is 11.9. The molecule has 4 aromatic rings. The highest BCUT2D eigenvalue weighted by atomic mass is 16.5. The van der Waals surface area contributed by atoms with Crippen molar-refractivity contribution < 1.29 is 14.3 Å². The van der Waals surface area contributed by atoms with Gasteiger partial charge in [-0.1, -0.05) is 54.6 Å². The Balaban J connectivity index is 1.43. The molecule has 0 radical (unpaired) electrons. The fourth-order valence-corrected chi connectivity index (χ4v) is 4.74. The summed E-state index contributed by atoms with van der Waals surface area (Å²) in [5.74, 6) is 0.378. The molecule has 36 heavy (non-hydrogen) atoms. The second-order valence-corrected chi connectivity index (χ2v) is 9.69. The molecule has 0 spiro atoms. The van der Waals surface area contributed by atoms with Gasteiger partial charge in [0, 0.05) is 39.7 Å². The Morgan fingerprint density at radius 3 is 2.56 bits per heavy atom. The summed E-state index contributed by atoms with van der Waals surface area (Å²) in [6, 6.07) is 26.4. The number of nitrogens with one attached hydrogen (secondary N) is 2. The van der Waals surface area contributed by atoms with Crippen molar-refractivity contribution in [3.05, 3.63) is 113 Å². The number of carbonyl (C=O) groups excluding carboxylic acids is 2. The second kappa shape index (κ2) is 9.34. The predicted octanol–water partition coefficient (Wildman–Crippen LogP) is 6.25. The summed E-state index contributed by atoms with van der Waals surface area (Å²) in [7, 11) is 1.63. The Hall–Kier alpha value is -4.38. The number of methoxy groups -OCH3 is 1. The van der Waals surface area contributed by atoms with Gasteiger partial charge in [0.15, 0.2) is 5.78 Å². The average molecular weight is 477 g/mol. The zero-order valence-corrected chi connectivity index (χ0v) is 20.6. The largest absolute Gasteiger partial charge is 0.497 e. The molecule has 1 aliphatic heterocycles. The van der Waals surface area contributed by atoms with E-state index in [1.807, 2.05) is 48.5 Å². The maximum Gasteiger partial charge on any atom is 0.256 e. The van der Waals surface area contributed by atoms with Crippen LogP contribution in [0.15, 0.2) is 91.0 Å². The van der Waals surface area contributed by atoms with Gasteiger partial charge in [0.25, 0.3) is 5.91 Å². The molecular weight excluding hydrogens is 448 g/mol. The van der Waals surface area contributed by atoms with Crippen LogP contribution in [0.5, 0.6) is 5.75 Å². The Labute approximate surface area is 210 Å². The fourth-order valence-electron chi connectivity index (χ4n) is 4.74. The number of carbonyl (C=O) groups is 2. The van der Waals surface area contributed by atoms with Crippen LogP contribution in [-0.4, -0.2) is 24.3 Å². The van der Waals surface area contributed by atoms with Crippen LogP contribution in [0.2, 0.25) is 0 Å². The van der Waals surface area contributed by atoms with Gasteiger partial charge in [-0.25, -0.2) is 0 Å². The summed E-state index contributed by atoms with van der Waals surface area (Å²) in [5, 5.41) is 8.33. The summed E-state index contributed by atoms with van der Waals surface area (Å²) in [4.78, 5) is 26.4. The molecular formula is C31H28N2O3. The van der Waals surface area contributed by atoms with Gasteiger partial charge in [-0.15, -0.1) is 0 Å². The van der Waals surface area contributed by atoms with Gasteiger partial charge in [-0.2, -0.15) is 0 Å². The van der Waals surface area contributed by atoms with Crippen LogP contribution < -0.4 is 15.4 Å². The maximum atomic E-state index is 13.3. The number of benzene rings is 4. The van der Waals surface area contributed by atoms with E-state index in [9.17, 15) is 9.59 Å². The third-order valence-electron chi connectivity index (χ3n) is 6.43. The van der Waals surface area contributed by atoms with Gasteiger partial charge >= 0.3 is 0 Å². The average Bonchev–Trinajstić information content (AvgIpc) is 2.87. The number of rotatable bonds is 5. The highest BCUT2D eigenvalue weighted by molar-refractivity contribution is 6.14. The van der Waals surface area contributed by atoms with Crippen molar-refractivity contribution >= 4 is 33.8 Å². The predicted molar refractivity (Wildman–Crippen MR) is 145 cm³/mol. The molecule has 0 unspecified atom stereocenters. The minimum atomic E-state index is -0.216. The maximum absolute atomic E-state index is 13.3. The van der Waals surface area contributed by atoms with E-state index < -0.39 is 0 Å². The van der Waals surface area contributed by atoms with Gasteiger partial charge in [0.2, 0.25) is 0 Å². The Kier molecular flexibility index (Phi) is 6.06. The highest BCUT2D eigenvalue weighted by Crippen LogP contribution is 2.32. The van der Waals surface area contributed by atoms with E-state index in [2.05, 4.69) is 30.5 Å². The number of hydrogen-bond donors (Lipinski definition) is 2. The lowest BCUT2D eigenvalue weighted by Crippen LogP contribution is -2.43. The Morgan fingerprint density at radius 1 is 0.944 bits per heavy atom. The first-order valence-corrected chi connectivity index (χ1v) is 11.9. The van der Waals surface area contributed by atoms with Crippen LogP contribution >= 0.6 is 0 Å². The van der Waals surface area contributed by atoms with Crippen molar-refractivity contribution in [2.75, 3.05) is 12.4 Å². The molecule has 180 valence electrons. The van der Waals surface area contributed by atoms with Gasteiger partial charge in [-0.05, 0) is 66.9 Å². The molecule has 0 aromatic heterocycles. The van der Waals surface area contributed by atoms with Gasteiger partial charge < -0.3 is 15.4 Å².